The van der Waals surface area contributed by atoms with Crippen LogP contribution in [0.4, 0.5) is 5.69 Å². The third kappa shape index (κ3) is 4.57. The lowest BCUT2D eigenvalue weighted by atomic mass is 10.1. The molecular formula is C22H32N3O2S+. The van der Waals surface area contributed by atoms with Crippen molar-refractivity contribution in [2.24, 2.45) is 0 Å². The van der Waals surface area contributed by atoms with Crippen LogP contribution < -0.4 is 14.5 Å². The Balaban J connectivity index is 1.83. The van der Waals surface area contributed by atoms with Gasteiger partial charge in [-0.05, 0) is 43.2 Å². The van der Waals surface area contributed by atoms with Gasteiger partial charge in [0.2, 0.25) is 10.0 Å². The Bertz CT molecular complexity index is 902. The highest BCUT2D eigenvalue weighted by molar-refractivity contribution is 7.89. The van der Waals surface area contributed by atoms with Crippen LogP contribution in [0, 0.1) is 13.8 Å². The number of rotatable bonds is 7. The van der Waals surface area contributed by atoms with Crippen molar-refractivity contribution in [3.63, 3.8) is 0 Å². The van der Waals surface area contributed by atoms with Gasteiger partial charge in [-0.15, -0.1) is 0 Å². The third-order valence-corrected chi connectivity index (χ3v) is 7.44. The fourth-order valence-electron chi connectivity index (χ4n) is 3.97. The van der Waals surface area contributed by atoms with E-state index in [-0.39, 0.29) is 6.04 Å². The van der Waals surface area contributed by atoms with Crippen LogP contribution in [0.5, 0.6) is 0 Å². The summed E-state index contributed by atoms with van der Waals surface area (Å²) in [4.78, 5) is 3.91. The quantitative estimate of drug-likeness (QED) is 0.746. The molecule has 0 spiro atoms. The molecule has 1 aliphatic rings. The van der Waals surface area contributed by atoms with E-state index in [1.807, 2.05) is 34.0 Å². The number of aryl methyl sites for hydroxylation is 1. The van der Waals surface area contributed by atoms with E-state index >= 15 is 0 Å². The van der Waals surface area contributed by atoms with Crippen molar-refractivity contribution < 1.29 is 13.3 Å². The van der Waals surface area contributed by atoms with Crippen molar-refractivity contribution in [1.82, 2.24) is 4.72 Å². The monoisotopic (exact) mass is 402 g/mol. The summed E-state index contributed by atoms with van der Waals surface area (Å²) in [6.45, 7) is 6.40. The molecule has 1 saturated heterocycles. The number of nitrogens with one attached hydrogen (secondary N) is 2. The van der Waals surface area contributed by atoms with Crippen LogP contribution in [0.2, 0.25) is 0 Å². The predicted molar refractivity (Wildman–Crippen MR) is 115 cm³/mol. The second-order valence-corrected chi connectivity index (χ2v) is 9.69. The summed E-state index contributed by atoms with van der Waals surface area (Å²) >= 11 is 0. The van der Waals surface area contributed by atoms with Crippen LogP contribution in [-0.4, -0.2) is 42.1 Å². The van der Waals surface area contributed by atoms with Gasteiger partial charge in [0.1, 0.15) is 6.04 Å². The summed E-state index contributed by atoms with van der Waals surface area (Å²) < 4.78 is 28.8. The second kappa shape index (κ2) is 8.64. The fraction of sp³-hybridized carbons (Fsp3) is 0.455. The maximum Gasteiger partial charge on any atom is 0.241 e. The van der Waals surface area contributed by atoms with E-state index in [1.165, 1.54) is 23.3 Å². The first-order valence-electron chi connectivity index (χ1n) is 9.97. The molecule has 28 heavy (non-hydrogen) atoms. The minimum atomic E-state index is -3.54. The van der Waals surface area contributed by atoms with Crippen LogP contribution in [0.1, 0.15) is 35.6 Å². The first-order valence-corrected chi connectivity index (χ1v) is 11.5. The second-order valence-electron chi connectivity index (χ2n) is 7.95. The number of anilines is 1. The van der Waals surface area contributed by atoms with Crippen molar-refractivity contribution in [2.45, 2.75) is 37.6 Å². The first-order chi connectivity index (χ1) is 13.3. The topological polar surface area (TPSA) is 53.9 Å². The van der Waals surface area contributed by atoms with Crippen LogP contribution in [-0.2, 0) is 10.0 Å². The van der Waals surface area contributed by atoms with E-state index in [1.54, 1.807) is 12.1 Å². The summed E-state index contributed by atoms with van der Waals surface area (Å²) in [7, 11) is 0.509. The maximum absolute atomic E-state index is 13.0. The molecule has 0 bridgehead atoms. The molecule has 0 aliphatic carbocycles. The molecule has 5 nitrogen and oxygen atoms in total. The number of nitrogens with zero attached hydrogens (tertiary/aromatic N) is 1. The van der Waals surface area contributed by atoms with Gasteiger partial charge in [-0.25, -0.2) is 13.1 Å². The van der Waals surface area contributed by atoms with Gasteiger partial charge in [0.15, 0.2) is 0 Å². The molecule has 0 aromatic heterocycles. The lowest BCUT2D eigenvalue weighted by Crippen LogP contribution is -3.11. The molecule has 152 valence electrons. The van der Waals surface area contributed by atoms with Gasteiger partial charge in [-0.3, -0.25) is 0 Å². The third-order valence-electron chi connectivity index (χ3n) is 5.87. The number of sulfonamides is 1. The van der Waals surface area contributed by atoms with Gasteiger partial charge < -0.3 is 9.80 Å². The highest BCUT2D eigenvalue weighted by atomic mass is 32.2. The summed E-state index contributed by atoms with van der Waals surface area (Å²) in [5.74, 6) is 0. The van der Waals surface area contributed by atoms with Gasteiger partial charge >= 0.3 is 0 Å². The van der Waals surface area contributed by atoms with E-state index in [9.17, 15) is 8.42 Å². The Kier molecular flexibility index (Phi) is 6.43. The Morgan fingerprint density at radius 2 is 1.68 bits per heavy atom. The zero-order chi connectivity index (χ0) is 20.3. The molecule has 2 aromatic carbocycles. The van der Waals surface area contributed by atoms with Gasteiger partial charge in [0.25, 0.3) is 0 Å². The predicted octanol–water partition coefficient (Wildman–Crippen LogP) is 2.07. The molecule has 1 fully saturated rings. The van der Waals surface area contributed by atoms with Crippen LogP contribution in [0.25, 0.3) is 0 Å². The normalized spacial score (nSPS) is 16.3. The van der Waals surface area contributed by atoms with Crippen molar-refractivity contribution in [3.05, 3.63) is 59.2 Å². The van der Waals surface area contributed by atoms with Gasteiger partial charge in [-0.1, -0.05) is 24.3 Å². The lowest BCUT2D eigenvalue weighted by Gasteiger charge is -2.26. The molecule has 1 aliphatic heterocycles. The number of likely N-dealkylation sites (tertiary alicyclic amines) is 1. The summed E-state index contributed by atoms with van der Waals surface area (Å²) in [6.07, 6.45) is 2.40. The maximum atomic E-state index is 13.0. The number of hydrogen-bond donors (Lipinski definition) is 2. The van der Waals surface area contributed by atoms with Crippen LogP contribution in [0.3, 0.4) is 0 Å². The van der Waals surface area contributed by atoms with Crippen molar-refractivity contribution in [3.8, 4) is 0 Å². The molecule has 3 rings (SSSR count). The molecule has 0 amide bonds. The van der Waals surface area contributed by atoms with E-state index in [2.05, 4.69) is 33.9 Å². The largest absolute Gasteiger partial charge is 0.378 e. The minimum absolute atomic E-state index is 0.124. The summed E-state index contributed by atoms with van der Waals surface area (Å²) in [6, 6.07) is 14.0. The number of benzene rings is 2. The van der Waals surface area contributed by atoms with E-state index in [0.717, 1.165) is 29.9 Å². The SMILES string of the molecule is Cc1cccc(S(=O)(=O)NC[C@@H](c2ccc(N(C)C)cc2)[NH+]2CCCC2)c1C. The van der Waals surface area contributed by atoms with Crippen molar-refractivity contribution >= 4 is 15.7 Å². The Labute approximate surface area is 169 Å². The van der Waals surface area contributed by atoms with Crippen molar-refractivity contribution in [1.29, 1.82) is 0 Å². The van der Waals surface area contributed by atoms with E-state index in [0.29, 0.717) is 11.4 Å². The minimum Gasteiger partial charge on any atom is -0.378 e. The standard InChI is InChI=1S/C22H31N3O2S/c1-17-8-7-9-22(18(17)2)28(26,27)23-16-21(25-14-5-6-15-25)19-10-12-20(13-11-19)24(3)4/h7-13,21,23H,5-6,14-16H2,1-4H3/p+1/t21-/m0/s1. The Morgan fingerprint density at radius 1 is 1.04 bits per heavy atom. The van der Waals surface area contributed by atoms with Gasteiger partial charge in [0, 0.05) is 38.2 Å². The van der Waals surface area contributed by atoms with Gasteiger partial charge in [-0.2, -0.15) is 0 Å². The van der Waals surface area contributed by atoms with Gasteiger partial charge in [0.05, 0.1) is 24.5 Å². The summed E-state index contributed by atoms with van der Waals surface area (Å²) in [5.41, 5.74) is 4.14. The van der Waals surface area contributed by atoms with Crippen molar-refractivity contribution in [2.75, 3.05) is 38.6 Å². The zero-order valence-corrected chi connectivity index (χ0v) is 18.1. The lowest BCUT2D eigenvalue weighted by molar-refractivity contribution is -0.918. The fourth-order valence-corrected chi connectivity index (χ4v) is 5.33. The highest BCUT2D eigenvalue weighted by Gasteiger charge is 2.29. The van der Waals surface area contributed by atoms with E-state index in [4.69, 9.17) is 0 Å². The average Bonchev–Trinajstić information content (AvgIpc) is 3.18. The molecule has 1 heterocycles. The number of hydrogen-bond acceptors (Lipinski definition) is 3. The summed E-state index contributed by atoms with van der Waals surface area (Å²) in [5, 5.41) is 0. The Morgan fingerprint density at radius 3 is 2.29 bits per heavy atom. The first kappa shape index (κ1) is 20.8. The molecule has 2 aromatic rings. The van der Waals surface area contributed by atoms with E-state index < -0.39 is 10.0 Å². The molecular weight excluding hydrogens is 370 g/mol. The number of quaternary nitrogens is 1. The molecule has 6 heteroatoms. The van der Waals surface area contributed by atoms with Crippen LogP contribution >= 0.6 is 0 Å². The molecule has 2 N–H and O–H groups in total. The molecule has 0 unspecified atom stereocenters. The average molecular weight is 403 g/mol. The molecule has 1 atom stereocenters. The van der Waals surface area contributed by atoms with Crippen LogP contribution in [0.15, 0.2) is 47.4 Å². The highest BCUT2D eigenvalue weighted by Crippen LogP contribution is 2.20. The zero-order valence-electron chi connectivity index (χ0n) is 17.3. The molecule has 0 saturated carbocycles. The molecule has 0 radical (unpaired) electrons. The smallest absolute Gasteiger partial charge is 0.241 e. The Hall–Kier alpha value is -1.89.